The van der Waals surface area contributed by atoms with Gasteiger partial charge in [-0.3, -0.25) is 9.69 Å². The fraction of sp³-hybridized carbons (Fsp3) is 0.235. The van der Waals surface area contributed by atoms with Crippen LogP contribution in [0.3, 0.4) is 0 Å². The Morgan fingerprint density at radius 3 is 2.57 bits per heavy atom. The summed E-state index contributed by atoms with van der Waals surface area (Å²) >= 11 is 0. The molecule has 2 aromatic carbocycles. The van der Waals surface area contributed by atoms with Gasteiger partial charge in [0.25, 0.3) is 5.91 Å². The molecule has 4 rings (SSSR count). The molecule has 2 aliphatic rings. The van der Waals surface area contributed by atoms with Gasteiger partial charge >= 0.3 is 0 Å². The third-order valence-corrected chi connectivity index (χ3v) is 3.79. The molecule has 0 aromatic heterocycles. The highest BCUT2D eigenvalue weighted by Gasteiger charge is 2.39. The number of rotatable bonds is 4. The van der Waals surface area contributed by atoms with E-state index in [0.29, 0.717) is 12.2 Å². The van der Waals surface area contributed by atoms with E-state index in [0.717, 1.165) is 17.9 Å². The van der Waals surface area contributed by atoms with E-state index in [2.05, 4.69) is 0 Å². The summed E-state index contributed by atoms with van der Waals surface area (Å²) in [6, 6.07) is 17.3. The highest BCUT2D eigenvalue weighted by atomic mass is 16.6. The van der Waals surface area contributed by atoms with Crippen LogP contribution in [0, 0.1) is 0 Å². The highest BCUT2D eigenvalue weighted by molar-refractivity contribution is 6.10. The summed E-state index contributed by atoms with van der Waals surface area (Å²) in [6.07, 6.45) is -0.203. The van der Waals surface area contributed by atoms with Crippen LogP contribution in [0.15, 0.2) is 54.6 Å². The SMILES string of the molecule is O=C1c2ccccc2[C@@H](OC[C@@H]2CO2)N1c1ccccc1. The fourth-order valence-electron chi connectivity index (χ4n) is 2.65. The Morgan fingerprint density at radius 2 is 1.81 bits per heavy atom. The molecule has 0 spiro atoms. The molecule has 1 amide bonds. The van der Waals surface area contributed by atoms with Gasteiger partial charge in [-0.2, -0.15) is 0 Å². The largest absolute Gasteiger partial charge is 0.371 e. The van der Waals surface area contributed by atoms with Crippen molar-refractivity contribution >= 4 is 11.6 Å². The number of para-hydroxylation sites is 1. The van der Waals surface area contributed by atoms with E-state index >= 15 is 0 Å². The normalized spacial score (nSPS) is 23.2. The van der Waals surface area contributed by atoms with Crippen molar-refractivity contribution in [3.63, 3.8) is 0 Å². The summed E-state index contributed by atoms with van der Waals surface area (Å²) in [5, 5.41) is 0. The first-order valence-electron chi connectivity index (χ1n) is 7.05. The second-order valence-electron chi connectivity index (χ2n) is 5.24. The van der Waals surface area contributed by atoms with Crippen LogP contribution < -0.4 is 4.90 Å². The monoisotopic (exact) mass is 281 g/mol. The average molecular weight is 281 g/mol. The van der Waals surface area contributed by atoms with Gasteiger partial charge in [0.2, 0.25) is 0 Å². The van der Waals surface area contributed by atoms with Crippen molar-refractivity contribution in [1.29, 1.82) is 0 Å². The third-order valence-electron chi connectivity index (χ3n) is 3.79. The van der Waals surface area contributed by atoms with Crippen molar-refractivity contribution in [3.8, 4) is 0 Å². The maximum Gasteiger partial charge on any atom is 0.261 e. The second-order valence-corrected chi connectivity index (χ2v) is 5.24. The quantitative estimate of drug-likeness (QED) is 0.809. The van der Waals surface area contributed by atoms with Crippen LogP contribution in [0.5, 0.6) is 0 Å². The summed E-state index contributed by atoms with van der Waals surface area (Å²) in [7, 11) is 0. The lowest BCUT2D eigenvalue weighted by Crippen LogP contribution is -2.30. The van der Waals surface area contributed by atoms with Crippen LogP contribution >= 0.6 is 0 Å². The Hall–Kier alpha value is -2.17. The first kappa shape index (κ1) is 12.6. The first-order valence-corrected chi connectivity index (χ1v) is 7.05. The van der Waals surface area contributed by atoms with E-state index < -0.39 is 0 Å². The lowest BCUT2D eigenvalue weighted by molar-refractivity contribution is 0.0428. The van der Waals surface area contributed by atoms with E-state index in [-0.39, 0.29) is 18.2 Å². The third kappa shape index (κ3) is 2.22. The van der Waals surface area contributed by atoms with Crippen LogP contribution in [-0.4, -0.2) is 25.2 Å². The van der Waals surface area contributed by atoms with Crippen molar-refractivity contribution in [3.05, 3.63) is 65.7 Å². The molecule has 2 aliphatic heterocycles. The molecule has 2 heterocycles. The first-order chi connectivity index (χ1) is 10.3. The van der Waals surface area contributed by atoms with Gasteiger partial charge < -0.3 is 9.47 Å². The highest BCUT2D eigenvalue weighted by Crippen LogP contribution is 2.38. The molecule has 1 saturated heterocycles. The molecule has 4 nitrogen and oxygen atoms in total. The van der Waals surface area contributed by atoms with E-state index in [1.54, 1.807) is 4.90 Å². The van der Waals surface area contributed by atoms with Gasteiger partial charge in [-0.05, 0) is 18.2 Å². The van der Waals surface area contributed by atoms with Gasteiger partial charge in [0.15, 0.2) is 6.23 Å². The molecule has 0 unspecified atom stereocenters. The number of carbonyl (C=O) groups is 1. The molecule has 2 atom stereocenters. The lowest BCUT2D eigenvalue weighted by atomic mass is 10.1. The predicted molar refractivity (Wildman–Crippen MR) is 78.1 cm³/mol. The van der Waals surface area contributed by atoms with Crippen molar-refractivity contribution in [2.45, 2.75) is 12.3 Å². The van der Waals surface area contributed by atoms with Gasteiger partial charge in [0.05, 0.1) is 13.2 Å². The van der Waals surface area contributed by atoms with Gasteiger partial charge in [-0.1, -0.05) is 36.4 Å². The van der Waals surface area contributed by atoms with Crippen LogP contribution in [0.1, 0.15) is 22.1 Å². The molecule has 1 fully saturated rings. The summed E-state index contributed by atoms with van der Waals surface area (Å²) in [4.78, 5) is 14.4. The minimum Gasteiger partial charge on any atom is -0.371 e. The summed E-state index contributed by atoms with van der Waals surface area (Å²) < 4.78 is 11.2. The number of hydrogen-bond donors (Lipinski definition) is 0. The zero-order valence-electron chi connectivity index (χ0n) is 11.4. The van der Waals surface area contributed by atoms with E-state index in [1.165, 1.54) is 0 Å². The molecule has 106 valence electrons. The molecule has 0 aliphatic carbocycles. The number of epoxide rings is 1. The number of amides is 1. The molecular weight excluding hydrogens is 266 g/mol. The molecule has 0 bridgehead atoms. The Morgan fingerprint density at radius 1 is 1.10 bits per heavy atom. The number of carbonyl (C=O) groups excluding carboxylic acids is 1. The van der Waals surface area contributed by atoms with Crippen LogP contribution in [0.25, 0.3) is 0 Å². The lowest BCUT2D eigenvalue weighted by Gasteiger charge is -2.25. The Labute approximate surface area is 122 Å². The molecule has 21 heavy (non-hydrogen) atoms. The van der Waals surface area contributed by atoms with Crippen LogP contribution in [0.2, 0.25) is 0 Å². The van der Waals surface area contributed by atoms with Crippen molar-refractivity contribution in [1.82, 2.24) is 0 Å². The van der Waals surface area contributed by atoms with E-state index in [9.17, 15) is 4.79 Å². The number of benzene rings is 2. The predicted octanol–water partition coefficient (Wildman–Crippen LogP) is 2.76. The minimum atomic E-state index is -0.375. The molecular formula is C17H15NO3. The number of hydrogen-bond acceptors (Lipinski definition) is 3. The van der Waals surface area contributed by atoms with Crippen molar-refractivity contribution in [2.24, 2.45) is 0 Å². The Balaban J connectivity index is 1.71. The van der Waals surface area contributed by atoms with Crippen molar-refractivity contribution < 1.29 is 14.3 Å². The fourth-order valence-corrected chi connectivity index (χ4v) is 2.65. The second kappa shape index (κ2) is 4.98. The zero-order chi connectivity index (χ0) is 14.2. The number of fused-ring (bicyclic) bond motifs is 1. The summed E-state index contributed by atoms with van der Waals surface area (Å²) in [5.74, 6) is -0.0153. The van der Waals surface area contributed by atoms with Gasteiger partial charge in [0, 0.05) is 16.8 Å². The van der Waals surface area contributed by atoms with E-state index in [4.69, 9.17) is 9.47 Å². The number of nitrogens with zero attached hydrogens (tertiary/aromatic N) is 1. The molecule has 2 aromatic rings. The van der Waals surface area contributed by atoms with Gasteiger partial charge in [-0.25, -0.2) is 0 Å². The molecule has 0 saturated carbocycles. The minimum absolute atomic E-state index is 0.0153. The van der Waals surface area contributed by atoms with Crippen LogP contribution in [-0.2, 0) is 9.47 Å². The molecule has 0 radical (unpaired) electrons. The Bertz CT molecular complexity index is 667. The maximum absolute atomic E-state index is 12.7. The number of anilines is 1. The van der Waals surface area contributed by atoms with Gasteiger partial charge in [-0.15, -0.1) is 0 Å². The number of ether oxygens (including phenoxy) is 2. The Kier molecular flexibility index (Phi) is 2.98. The smallest absolute Gasteiger partial charge is 0.261 e. The summed E-state index contributed by atoms with van der Waals surface area (Å²) in [5.41, 5.74) is 2.48. The zero-order valence-corrected chi connectivity index (χ0v) is 11.4. The van der Waals surface area contributed by atoms with E-state index in [1.807, 2.05) is 54.6 Å². The standard InChI is InChI=1S/C17H15NO3/c19-16-14-8-4-5-9-15(14)17(21-11-13-10-20-13)18(16)12-6-2-1-3-7-12/h1-9,13,17H,10-11H2/t13-,17+/m0/s1. The molecule has 4 heteroatoms. The topological polar surface area (TPSA) is 42.1 Å². The van der Waals surface area contributed by atoms with Crippen molar-refractivity contribution in [2.75, 3.05) is 18.1 Å². The maximum atomic E-state index is 12.7. The molecule has 0 N–H and O–H groups in total. The average Bonchev–Trinajstić information content (AvgIpc) is 3.32. The van der Waals surface area contributed by atoms with Gasteiger partial charge in [0.1, 0.15) is 6.10 Å². The van der Waals surface area contributed by atoms with Crippen LogP contribution in [0.4, 0.5) is 5.69 Å². The summed E-state index contributed by atoms with van der Waals surface area (Å²) in [6.45, 7) is 1.25.